The van der Waals surface area contributed by atoms with Gasteiger partial charge in [0.25, 0.3) is 0 Å². The molecule has 0 radical (unpaired) electrons. The fraction of sp³-hybridized carbons (Fsp3) is 0. The van der Waals surface area contributed by atoms with Crippen LogP contribution < -0.4 is 10.2 Å². The Morgan fingerprint density at radius 1 is 1.36 bits per heavy atom. The number of rotatable bonds is 0. The third-order valence-electron chi connectivity index (χ3n) is 1.53. The number of hydrogen-bond acceptors (Lipinski definition) is 3. The number of aliphatic hydroxyl groups excluding tert-OH is 1. The van der Waals surface area contributed by atoms with E-state index in [0.29, 0.717) is 11.3 Å². The van der Waals surface area contributed by atoms with Crippen molar-refractivity contribution >= 4 is 12.7 Å². The molecule has 2 rings (SSSR count). The molecule has 0 atom stereocenters. The van der Waals surface area contributed by atoms with Crippen molar-refractivity contribution in [3.05, 3.63) is 29.8 Å². The number of hydrogen-bond donors (Lipinski definition) is 2. The van der Waals surface area contributed by atoms with Gasteiger partial charge in [0.05, 0.1) is 0 Å². The molecule has 1 aliphatic heterocycles. The molecule has 1 heterocycles. The predicted molar refractivity (Wildman–Crippen MR) is 42.0 cm³/mol. The maximum absolute atomic E-state index is 9.28. The van der Waals surface area contributed by atoms with Crippen LogP contribution in [0, 0.1) is 0 Å². The summed E-state index contributed by atoms with van der Waals surface area (Å²) in [4.78, 5) is 5.01. The molecule has 1 aliphatic rings. The Hall–Kier alpha value is -1.45. The van der Waals surface area contributed by atoms with Gasteiger partial charge in [-0.1, -0.05) is 0 Å². The van der Waals surface area contributed by atoms with Gasteiger partial charge in [0, 0.05) is 0 Å². The molecule has 0 spiro atoms. The van der Waals surface area contributed by atoms with E-state index in [1.165, 1.54) is 7.06 Å². The van der Waals surface area contributed by atoms with Crippen LogP contribution in [0.1, 0.15) is 5.56 Å². The molecule has 11 heavy (non-hydrogen) atoms. The summed E-state index contributed by atoms with van der Waals surface area (Å²) in [5.41, 5.74) is 0.915. The zero-order valence-electron chi connectivity index (χ0n) is 5.74. The van der Waals surface area contributed by atoms with E-state index in [4.69, 9.17) is 4.84 Å². The zero-order valence-corrected chi connectivity index (χ0v) is 5.74. The van der Waals surface area contributed by atoms with Crippen molar-refractivity contribution in [1.82, 2.24) is 5.39 Å². The molecule has 3 nitrogen and oxygen atoms in total. The summed E-state index contributed by atoms with van der Waals surface area (Å²) in [6.45, 7) is 0. The predicted octanol–water partition coefficient (Wildman–Crippen LogP) is 0.0533. The van der Waals surface area contributed by atoms with Gasteiger partial charge in [-0.05, 0) is 0 Å². The van der Waals surface area contributed by atoms with E-state index in [1.54, 1.807) is 12.1 Å². The molecule has 0 amide bonds. The van der Waals surface area contributed by atoms with Crippen LogP contribution in [0.2, 0.25) is 0 Å². The van der Waals surface area contributed by atoms with Crippen LogP contribution >= 0.6 is 0 Å². The van der Waals surface area contributed by atoms with Gasteiger partial charge in [-0.2, -0.15) is 0 Å². The van der Waals surface area contributed by atoms with E-state index >= 15 is 0 Å². The zero-order chi connectivity index (χ0) is 7.68. The SMILES string of the molecule is OC1=BNOc2ccccc21. The topological polar surface area (TPSA) is 41.5 Å². The molecular formula is C7H6BNO2. The monoisotopic (exact) mass is 147 g/mol. The van der Waals surface area contributed by atoms with Crippen LogP contribution in [0.3, 0.4) is 0 Å². The molecule has 0 aromatic heterocycles. The average molecular weight is 147 g/mol. The molecule has 0 bridgehead atoms. The molecule has 4 heteroatoms. The van der Waals surface area contributed by atoms with Crippen LogP contribution in [0.25, 0.3) is 0 Å². The van der Waals surface area contributed by atoms with Gasteiger partial charge < -0.3 is 0 Å². The molecule has 0 saturated heterocycles. The van der Waals surface area contributed by atoms with Crippen molar-refractivity contribution in [2.45, 2.75) is 0 Å². The number of para-hydroxylation sites is 1. The van der Waals surface area contributed by atoms with Crippen molar-refractivity contribution in [2.75, 3.05) is 0 Å². The van der Waals surface area contributed by atoms with E-state index in [-0.39, 0.29) is 5.65 Å². The second-order valence-electron chi connectivity index (χ2n) is 2.25. The number of aliphatic hydroxyl groups is 1. The average Bonchev–Trinajstić information content (AvgIpc) is 2.06. The van der Waals surface area contributed by atoms with Crippen molar-refractivity contribution in [2.24, 2.45) is 0 Å². The molecule has 1 aromatic rings. The van der Waals surface area contributed by atoms with E-state index in [9.17, 15) is 5.11 Å². The van der Waals surface area contributed by atoms with E-state index in [1.807, 2.05) is 12.1 Å². The second kappa shape index (κ2) is 2.30. The van der Waals surface area contributed by atoms with E-state index < -0.39 is 0 Å². The molecule has 1 aromatic carbocycles. The van der Waals surface area contributed by atoms with Crippen LogP contribution in [0.15, 0.2) is 24.3 Å². The van der Waals surface area contributed by atoms with Gasteiger partial charge in [-0.15, -0.1) is 0 Å². The van der Waals surface area contributed by atoms with Gasteiger partial charge in [-0.3, -0.25) is 0 Å². The molecule has 0 aliphatic carbocycles. The van der Waals surface area contributed by atoms with Crippen LogP contribution in [0.4, 0.5) is 0 Å². The Kier molecular flexibility index (Phi) is 1.32. The summed E-state index contributed by atoms with van der Waals surface area (Å²) in [7, 11) is 1.41. The minimum absolute atomic E-state index is 0.201. The van der Waals surface area contributed by atoms with Gasteiger partial charge in [0.15, 0.2) is 0 Å². The van der Waals surface area contributed by atoms with Crippen molar-refractivity contribution < 1.29 is 9.94 Å². The van der Waals surface area contributed by atoms with Crippen LogP contribution in [0.5, 0.6) is 5.75 Å². The molecule has 0 fully saturated rings. The van der Waals surface area contributed by atoms with Crippen LogP contribution in [-0.2, 0) is 0 Å². The number of benzene rings is 1. The van der Waals surface area contributed by atoms with Crippen molar-refractivity contribution in [3.63, 3.8) is 0 Å². The fourth-order valence-corrected chi connectivity index (χ4v) is 0.994. The summed E-state index contributed by atoms with van der Waals surface area (Å²) in [5.74, 6) is 0.646. The second-order valence-corrected chi connectivity index (χ2v) is 2.25. The summed E-state index contributed by atoms with van der Waals surface area (Å²) in [6.07, 6.45) is 0. The van der Waals surface area contributed by atoms with Crippen LogP contribution in [-0.4, -0.2) is 17.8 Å². The first-order valence-corrected chi connectivity index (χ1v) is 3.29. The van der Waals surface area contributed by atoms with E-state index in [0.717, 1.165) is 0 Å². The first-order valence-electron chi connectivity index (χ1n) is 3.29. The first-order chi connectivity index (χ1) is 5.38. The quantitative estimate of drug-likeness (QED) is 0.509. The van der Waals surface area contributed by atoms with Gasteiger partial charge >= 0.3 is 63.6 Å². The van der Waals surface area contributed by atoms with Crippen molar-refractivity contribution in [3.8, 4) is 5.75 Å². The van der Waals surface area contributed by atoms with Crippen molar-refractivity contribution in [1.29, 1.82) is 0 Å². The Morgan fingerprint density at radius 3 is 3.00 bits per heavy atom. The van der Waals surface area contributed by atoms with Gasteiger partial charge in [0.1, 0.15) is 0 Å². The third kappa shape index (κ3) is 0.961. The minimum atomic E-state index is 0.201. The van der Waals surface area contributed by atoms with E-state index in [2.05, 4.69) is 5.39 Å². The third-order valence-corrected chi connectivity index (χ3v) is 1.53. The maximum atomic E-state index is 9.28. The fourth-order valence-electron chi connectivity index (χ4n) is 0.994. The summed E-state index contributed by atoms with van der Waals surface area (Å²) in [6, 6.07) is 7.27. The Morgan fingerprint density at radius 2 is 2.18 bits per heavy atom. The van der Waals surface area contributed by atoms with Gasteiger partial charge in [-0.25, -0.2) is 0 Å². The number of nitrogens with one attached hydrogen (secondary N) is 1. The molecule has 2 N–H and O–H groups in total. The normalized spacial score (nSPS) is 13.3. The Balaban J connectivity index is 2.56. The van der Waals surface area contributed by atoms with Gasteiger partial charge in [0.2, 0.25) is 0 Å². The molecule has 54 valence electrons. The summed E-state index contributed by atoms with van der Waals surface area (Å²) >= 11 is 0. The molecular weight excluding hydrogens is 141 g/mol. The Bertz CT molecular complexity index is 311. The summed E-state index contributed by atoms with van der Waals surface area (Å²) < 4.78 is 0. The summed E-state index contributed by atoms with van der Waals surface area (Å²) in [5, 5.41) is 11.8. The number of fused-ring (bicyclic) bond motifs is 1. The molecule has 0 saturated carbocycles. The first kappa shape index (κ1) is 6.28. The standard InChI is InChI=1S/C7H6BNO2/c10-7-5-3-1-2-4-6(5)11-9-8-7/h1-4,9-10H. The molecule has 0 unspecified atom stereocenters. The Labute approximate surface area is 64.5 Å².